The average Bonchev–Trinajstić information content (AvgIpc) is 2.48. The number of rotatable bonds is 6. The van der Waals surface area contributed by atoms with Crippen LogP contribution in [0, 0.1) is 5.82 Å². The van der Waals surface area contributed by atoms with Crippen molar-refractivity contribution in [1.82, 2.24) is 5.32 Å². The summed E-state index contributed by atoms with van der Waals surface area (Å²) in [6.07, 6.45) is 0.587. The van der Waals surface area contributed by atoms with Gasteiger partial charge in [-0.05, 0) is 28.8 Å². The quantitative estimate of drug-likeness (QED) is 0.801. The van der Waals surface area contributed by atoms with E-state index in [2.05, 4.69) is 5.32 Å². The Labute approximate surface area is 121 Å². The molecule has 108 valence electrons. The van der Waals surface area contributed by atoms with Crippen LogP contribution in [0.3, 0.4) is 0 Å². The summed E-state index contributed by atoms with van der Waals surface area (Å²) in [6.45, 7) is 0. The zero-order valence-electron chi connectivity index (χ0n) is 11.1. The summed E-state index contributed by atoms with van der Waals surface area (Å²) in [4.78, 5) is 21.3. The molecule has 0 saturated heterocycles. The van der Waals surface area contributed by atoms with Gasteiger partial charge in [-0.25, -0.2) is 9.18 Å². The summed E-state index contributed by atoms with van der Waals surface area (Å²) >= 11 is 0. The topological polar surface area (TPSA) is 66.4 Å². The van der Waals surface area contributed by atoms with E-state index in [1.807, 2.05) is 12.1 Å². The summed E-state index contributed by atoms with van der Waals surface area (Å²) in [6, 6.07) is 12.4. The Balaban J connectivity index is 2.13. The first kappa shape index (κ1) is 14.7. The molecule has 2 aromatic rings. The van der Waals surface area contributed by atoms with Crippen molar-refractivity contribution in [3.05, 3.63) is 59.9 Å². The van der Waals surface area contributed by atoms with Gasteiger partial charge in [0.25, 0.3) is 0 Å². The van der Waals surface area contributed by atoms with Gasteiger partial charge in [0.15, 0.2) is 0 Å². The van der Waals surface area contributed by atoms with E-state index in [9.17, 15) is 14.0 Å². The van der Waals surface area contributed by atoms with Crippen molar-refractivity contribution in [2.75, 3.05) is 0 Å². The lowest BCUT2D eigenvalue weighted by molar-refractivity contribution is -0.140. The molecule has 0 aliphatic carbocycles. The van der Waals surface area contributed by atoms with E-state index in [0.29, 0.717) is 6.41 Å². The van der Waals surface area contributed by atoms with Crippen molar-refractivity contribution >= 4 is 12.4 Å². The van der Waals surface area contributed by atoms with Crippen LogP contribution < -0.4 is 5.32 Å². The molecule has 0 radical (unpaired) electrons. The maximum Gasteiger partial charge on any atom is 0.326 e. The van der Waals surface area contributed by atoms with Crippen LogP contribution in [0.5, 0.6) is 0 Å². The molecule has 4 nitrogen and oxygen atoms in total. The zero-order valence-corrected chi connectivity index (χ0v) is 11.1. The van der Waals surface area contributed by atoms with Crippen molar-refractivity contribution < 1.29 is 19.1 Å². The monoisotopic (exact) mass is 287 g/mol. The molecule has 0 saturated carbocycles. The van der Waals surface area contributed by atoms with Crippen LogP contribution >= 0.6 is 0 Å². The number of carboxylic acids is 1. The van der Waals surface area contributed by atoms with E-state index < -0.39 is 12.0 Å². The third-order valence-corrected chi connectivity index (χ3v) is 3.14. The molecule has 21 heavy (non-hydrogen) atoms. The average molecular weight is 287 g/mol. The normalized spacial score (nSPS) is 11.7. The molecule has 0 fully saturated rings. The number of amides is 1. The Hall–Kier alpha value is -2.69. The highest BCUT2D eigenvalue weighted by molar-refractivity contribution is 5.76. The molecule has 0 aliphatic heterocycles. The Morgan fingerprint density at radius 2 is 1.62 bits per heavy atom. The molecule has 5 heteroatoms. The molecule has 0 aliphatic rings. The van der Waals surface area contributed by atoms with Crippen molar-refractivity contribution in [2.24, 2.45) is 0 Å². The largest absolute Gasteiger partial charge is 0.480 e. The van der Waals surface area contributed by atoms with E-state index >= 15 is 0 Å². The standard InChI is InChI=1S/C16H14FNO3/c17-14-7-5-13(6-8-14)12-3-1-11(2-4-12)9-15(16(20)21)18-10-19/h1-8,10,15H,9H2,(H,18,19)(H,20,21)/t15-/m0/s1. The number of carboxylic acid groups (broad SMARTS) is 1. The van der Waals surface area contributed by atoms with E-state index in [1.165, 1.54) is 12.1 Å². The third kappa shape index (κ3) is 3.89. The molecule has 2 aromatic carbocycles. The molecule has 0 spiro atoms. The Bertz CT molecular complexity index is 623. The van der Waals surface area contributed by atoms with Crippen LogP contribution in [-0.2, 0) is 16.0 Å². The molecule has 0 aromatic heterocycles. The lowest BCUT2D eigenvalue weighted by Gasteiger charge is -2.11. The fourth-order valence-corrected chi connectivity index (χ4v) is 2.01. The van der Waals surface area contributed by atoms with Gasteiger partial charge in [0.1, 0.15) is 11.9 Å². The maximum atomic E-state index is 12.9. The number of nitrogens with one attached hydrogen (secondary N) is 1. The molecule has 1 atom stereocenters. The Morgan fingerprint density at radius 1 is 1.10 bits per heavy atom. The lowest BCUT2D eigenvalue weighted by Crippen LogP contribution is -2.37. The van der Waals surface area contributed by atoms with Crippen molar-refractivity contribution in [3.63, 3.8) is 0 Å². The van der Waals surface area contributed by atoms with Crippen LogP contribution in [0.4, 0.5) is 4.39 Å². The number of hydrogen-bond acceptors (Lipinski definition) is 2. The van der Waals surface area contributed by atoms with Crippen LogP contribution in [-0.4, -0.2) is 23.5 Å². The van der Waals surface area contributed by atoms with Gasteiger partial charge in [-0.2, -0.15) is 0 Å². The van der Waals surface area contributed by atoms with Gasteiger partial charge in [-0.15, -0.1) is 0 Å². The van der Waals surface area contributed by atoms with E-state index in [4.69, 9.17) is 5.11 Å². The van der Waals surface area contributed by atoms with Crippen molar-refractivity contribution in [1.29, 1.82) is 0 Å². The van der Waals surface area contributed by atoms with Gasteiger partial charge < -0.3 is 10.4 Å². The van der Waals surface area contributed by atoms with Gasteiger partial charge in [-0.1, -0.05) is 36.4 Å². The van der Waals surface area contributed by atoms with E-state index in [0.717, 1.165) is 16.7 Å². The van der Waals surface area contributed by atoms with Crippen LogP contribution in [0.25, 0.3) is 11.1 Å². The second-order valence-corrected chi connectivity index (χ2v) is 4.58. The number of carbonyl (C=O) groups is 2. The number of halogens is 1. The van der Waals surface area contributed by atoms with E-state index in [1.54, 1.807) is 24.3 Å². The van der Waals surface area contributed by atoms with Gasteiger partial charge in [0, 0.05) is 6.42 Å². The number of aliphatic carboxylic acids is 1. The third-order valence-electron chi connectivity index (χ3n) is 3.14. The highest BCUT2D eigenvalue weighted by atomic mass is 19.1. The SMILES string of the molecule is O=CN[C@@H](Cc1ccc(-c2ccc(F)cc2)cc1)C(=O)O. The minimum Gasteiger partial charge on any atom is -0.480 e. The predicted molar refractivity (Wildman–Crippen MR) is 76.2 cm³/mol. The Kier molecular flexibility index (Phi) is 4.66. The zero-order chi connectivity index (χ0) is 15.2. The molecule has 0 bridgehead atoms. The molecule has 2 rings (SSSR count). The highest BCUT2D eigenvalue weighted by Crippen LogP contribution is 2.20. The first-order valence-corrected chi connectivity index (χ1v) is 6.37. The minimum absolute atomic E-state index is 0.206. The smallest absolute Gasteiger partial charge is 0.326 e. The summed E-state index contributed by atoms with van der Waals surface area (Å²) < 4.78 is 12.9. The summed E-state index contributed by atoms with van der Waals surface area (Å²) in [5, 5.41) is 11.2. The van der Waals surface area contributed by atoms with Crippen LogP contribution in [0.2, 0.25) is 0 Å². The summed E-state index contributed by atoms with van der Waals surface area (Å²) in [5.41, 5.74) is 2.58. The molecule has 0 unspecified atom stereocenters. The van der Waals surface area contributed by atoms with Gasteiger partial charge in [0.2, 0.25) is 6.41 Å². The molecular formula is C16H14FNO3. The number of benzene rings is 2. The summed E-state index contributed by atoms with van der Waals surface area (Å²) in [7, 11) is 0. The molecular weight excluding hydrogens is 273 g/mol. The first-order chi connectivity index (χ1) is 10.1. The number of carbonyl (C=O) groups excluding carboxylic acids is 1. The molecule has 0 heterocycles. The number of hydrogen-bond donors (Lipinski definition) is 2. The van der Waals surface area contributed by atoms with Crippen LogP contribution in [0.15, 0.2) is 48.5 Å². The van der Waals surface area contributed by atoms with Gasteiger partial charge in [0.05, 0.1) is 0 Å². The molecule has 2 N–H and O–H groups in total. The van der Waals surface area contributed by atoms with Crippen molar-refractivity contribution in [3.8, 4) is 11.1 Å². The minimum atomic E-state index is -1.08. The summed E-state index contributed by atoms with van der Waals surface area (Å²) in [5.74, 6) is -1.37. The second-order valence-electron chi connectivity index (χ2n) is 4.58. The van der Waals surface area contributed by atoms with E-state index in [-0.39, 0.29) is 12.2 Å². The Morgan fingerprint density at radius 3 is 2.10 bits per heavy atom. The fraction of sp³-hybridized carbons (Fsp3) is 0.125. The van der Waals surface area contributed by atoms with Gasteiger partial charge in [-0.3, -0.25) is 4.79 Å². The first-order valence-electron chi connectivity index (χ1n) is 6.37. The highest BCUT2D eigenvalue weighted by Gasteiger charge is 2.16. The maximum absolute atomic E-state index is 12.9. The van der Waals surface area contributed by atoms with Crippen LogP contribution in [0.1, 0.15) is 5.56 Å². The molecule has 1 amide bonds. The second kappa shape index (κ2) is 6.65. The lowest BCUT2D eigenvalue weighted by atomic mass is 10.0. The van der Waals surface area contributed by atoms with Crippen molar-refractivity contribution in [2.45, 2.75) is 12.5 Å². The predicted octanol–water partition coefficient (Wildman–Crippen LogP) is 2.23. The fourth-order valence-electron chi connectivity index (χ4n) is 2.01. The van der Waals surface area contributed by atoms with Gasteiger partial charge >= 0.3 is 5.97 Å².